The van der Waals surface area contributed by atoms with Gasteiger partial charge in [-0.25, -0.2) is 13.8 Å². The first-order valence-electron chi connectivity index (χ1n) is 9.38. The Morgan fingerprint density at radius 3 is 2.61 bits per heavy atom. The number of halogens is 3. The molecule has 1 aliphatic rings. The number of likely N-dealkylation sites (tertiary alicyclic amines) is 1. The van der Waals surface area contributed by atoms with Gasteiger partial charge in [-0.2, -0.15) is 0 Å². The van der Waals surface area contributed by atoms with E-state index in [9.17, 15) is 8.78 Å². The lowest BCUT2D eigenvalue weighted by Gasteiger charge is -2.32. The molecule has 0 spiro atoms. The number of aliphatic imine (C=N–C) groups is 1. The van der Waals surface area contributed by atoms with Crippen LogP contribution in [-0.4, -0.2) is 78.0 Å². The minimum Gasteiger partial charge on any atom is -0.385 e. The first kappa shape index (κ1) is 25.0. The fourth-order valence-corrected chi connectivity index (χ4v) is 2.96. The smallest absolute Gasteiger partial charge is 0.251 e. The predicted octanol–water partition coefficient (Wildman–Crippen LogP) is 1.54. The Morgan fingerprint density at radius 2 is 2.04 bits per heavy atom. The summed E-state index contributed by atoms with van der Waals surface area (Å²) in [6.45, 7) is 4.92. The van der Waals surface area contributed by atoms with Crippen LogP contribution in [0.3, 0.4) is 0 Å². The van der Waals surface area contributed by atoms with Gasteiger partial charge in [0.15, 0.2) is 11.8 Å². The third-order valence-corrected chi connectivity index (χ3v) is 4.70. The molecule has 0 radical (unpaired) electrons. The molecule has 0 aromatic carbocycles. The zero-order valence-electron chi connectivity index (χ0n) is 16.8. The predicted molar refractivity (Wildman–Crippen MR) is 115 cm³/mol. The second-order valence-electron chi connectivity index (χ2n) is 6.77. The molecule has 11 heteroatoms. The number of hydrogen-bond donors (Lipinski definition) is 2. The number of alkyl halides is 2. The van der Waals surface area contributed by atoms with E-state index < -0.39 is 6.43 Å². The highest BCUT2D eigenvalue weighted by Crippen LogP contribution is 2.12. The number of ether oxygens (including phenoxy) is 1. The number of methoxy groups -OCH3 is 1. The van der Waals surface area contributed by atoms with Crippen molar-refractivity contribution in [2.45, 2.75) is 45.2 Å². The molecule has 1 aromatic rings. The van der Waals surface area contributed by atoms with Gasteiger partial charge in [0.25, 0.3) is 6.43 Å². The van der Waals surface area contributed by atoms with Crippen LogP contribution in [0, 0.1) is 6.92 Å². The van der Waals surface area contributed by atoms with E-state index in [1.54, 1.807) is 7.11 Å². The Bertz CT molecular complexity index is 592. The van der Waals surface area contributed by atoms with Gasteiger partial charge in [0, 0.05) is 46.4 Å². The van der Waals surface area contributed by atoms with Crippen LogP contribution in [-0.2, 0) is 18.3 Å². The van der Waals surface area contributed by atoms with Crippen molar-refractivity contribution in [1.82, 2.24) is 30.3 Å². The summed E-state index contributed by atoms with van der Waals surface area (Å²) in [6, 6.07) is 0.217. The third-order valence-electron chi connectivity index (χ3n) is 4.70. The van der Waals surface area contributed by atoms with Crippen molar-refractivity contribution in [2.75, 3.05) is 39.9 Å². The van der Waals surface area contributed by atoms with Crippen LogP contribution < -0.4 is 10.6 Å². The minimum absolute atomic E-state index is 0. The van der Waals surface area contributed by atoms with Crippen LogP contribution in [0.15, 0.2) is 4.99 Å². The molecule has 0 bridgehead atoms. The largest absolute Gasteiger partial charge is 0.385 e. The van der Waals surface area contributed by atoms with Crippen molar-refractivity contribution in [3.8, 4) is 0 Å². The van der Waals surface area contributed by atoms with Crippen molar-refractivity contribution >= 4 is 29.9 Å². The summed E-state index contributed by atoms with van der Waals surface area (Å²) in [5.41, 5.74) is 0. The number of nitrogens with zero attached hydrogens (tertiary/aromatic N) is 5. The van der Waals surface area contributed by atoms with Crippen molar-refractivity contribution in [3.63, 3.8) is 0 Å². The Kier molecular flexibility index (Phi) is 11.8. The Balaban J connectivity index is 0.00000392. The molecule has 0 amide bonds. The maximum absolute atomic E-state index is 12.5. The highest BCUT2D eigenvalue weighted by molar-refractivity contribution is 14.0. The van der Waals surface area contributed by atoms with Gasteiger partial charge < -0.3 is 19.9 Å². The van der Waals surface area contributed by atoms with Gasteiger partial charge in [0.1, 0.15) is 12.4 Å². The molecule has 0 unspecified atom stereocenters. The number of aryl methyl sites for hydroxylation is 1. The monoisotopic (exact) mass is 515 g/mol. The van der Waals surface area contributed by atoms with Crippen LogP contribution in [0.4, 0.5) is 8.78 Å². The van der Waals surface area contributed by atoms with Crippen molar-refractivity contribution in [2.24, 2.45) is 12.0 Å². The third kappa shape index (κ3) is 8.52. The second kappa shape index (κ2) is 13.2. The van der Waals surface area contributed by atoms with E-state index in [2.05, 4.69) is 25.8 Å². The average molecular weight is 515 g/mol. The molecule has 1 saturated heterocycles. The molecule has 0 saturated carbocycles. The quantitative estimate of drug-likeness (QED) is 0.225. The molecule has 2 heterocycles. The molecule has 28 heavy (non-hydrogen) atoms. The number of hydrogen-bond acceptors (Lipinski definition) is 5. The molecular weight excluding hydrogens is 483 g/mol. The fraction of sp³-hybridized carbons (Fsp3) is 0.824. The van der Waals surface area contributed by atoms with Crippen LogP contribution >= 0.6 is 24.0 Å². The average Bonchev–Trinajstić information content (AvgIpc) is 2.96. The Hall–Kier alpha value is -1.08. The summed E-state index contributed by atoms with van der Waals surface area (Å²) < 4.78 is 32.0. The van der Waals surface area contributed by atoms with Crippen molar-refractivity contribution < 1.29 is 13.5 Å². The summed E-state index contributed by atoms with van der Waals surface area (Å²) >= 11 is 0. The van der Waals surface area contributed by atoms with Gasteiger partial charge in [-0.3, -0.25) is 4.90 Å². The second-order valence-corrected chi connectivity index (χ2v) is 6.77. The Morgan fingerprint density at radius 1 is 1.32 bits per heavy atom. The molecule has 162 valence electrons. The van der Waals surface area contributed by atoms with Crippen molar-refractivity contribution in [3.05, 3.63) is 11.6 Å². The van der Waals surface area contributed by atoms with E-state index in [0.717, 1.165) is 37.5 Å². The van der Waals surface area contributed by atoms with Crippen molar-refractivity contribution in [1.29, 1.82) is 0 Å². The SMILES string of the molecule is COCCCNC(=NCc1nnc(C)n1C)NC1CCN(CC(F)F)CC1.I. The molecule has 2 rings (SSSR count). The number of piperidine rings is 1. The maximum Gasteiger partial charge on any atom is 0.251 e. The van der Waals surface area contributed by atoms with Gasteiger partial charge in [0.05, 0.1) is 6.54 Å². The molecule has 0 aliphatic carbocycles. The zero-order valence-corrected chi connectivity index (χ0v) is 19.2. The maximum atomic E-state index is 12.5. The lowest BCUT2D eigenvalue weighted by atomic mass is 10.1. The molecular formula is C17H32F2IN7O. The zero-order chi connectivity index (χ0) is 19.6. The summed E-state index contributed by atoms with van der Waals surface area (Å²) in [6.07, 6.45) is 0.222. The highest BCUT2D eigenvalue weighted by atomic mass is 127. The molecule has 1 aliphatic heterocycles. The van der Waals surface area contributed by atoms with E-state index in [1.165, 1.54) is 0 Å². The molecule has 2 N–H and O–H groups in total. The lowest BCUT2D eigenvalue weighted by molar-refractivity contribution is 0.0744. The topological polar surface area (TPSA) is 79.6 Å². The van der Waals surface area contributed by atoms with Gasteiger partial charge in [-0.05, 0) is 26.2 Å². The van der Waals surface area contributed by atoms with Gasteiger partial charge in [-0.1, -0.05) is 0 Å². The number of aromatic nitrogens is 3. The minimum atomic E-state index is -2.27. The standard InChI is InChI=1S/C17H31F2N7O.HI/c1-13-23-24-16(25(13)2)11-21-17(20-7-4-10-27-3)22-14-5-8-26(9-6-14)12-15(18)19;/h14-15H,4-12H2,1-3H3,(H2,20,21,22);1H. The van der Waals surface area contributed by atoms with E-state index in [-0.39, 0.29) is 36.6 Å². The lowest BCUT2D eigenvalue weighted by Crippen LogP contribution is -2.49. The molecule has 1 fully saturated rings. The van der Waals surface area contributed by atoms with Crippen LogP contribution in [0.1, 0.15) is 30.9 Å². The molecule has 0 atom stereocenters. The number of guanidine groups is 1. The van der Waals surface area contributed by atoms with E-state index >= 15 is 0 Å². The number of nitrogens with one attached hydrogen (secondary N) is 2. The van der Waals surface area contributed by atoms with Crippen LogP contribution in [0.5, 0.6) is 0 Å². The first-order valence-corrected chi connectivity index (χ1v) is 9.38. The highest BCUT2D eigenvalue weighted by Gasteiger charge is 2.22. The normalized spacial score (nSPS) is 16.3. The van der Waals surface area contributed by atoms with Crippen LogP contribution in [0.2, 0.25) is 0 Å². The van der Waals surface area contributed by atoms with Gasteiger partial charge in [-0.15, -0.1) is 34.2 Å². The first-order chi connectivity index (χ1) is 13.0. The van der Waals surface area contributed by atoms with E-state index in [1.807, 2.05) is 23.4 Å². The molecule has 1 aromatic heterocycles. The van der Waals surface area contributed by atoms with Gasteiger partial charge >= 0.3 is 0 Å². The van der Waals surface area contributed by atoms with Crippen LogP contribution in [0.25, 0.3) is 0 Å². The van der Waals surface area contributed by atoms with E-state index in [0.29, 0.717) is 32.2 Å². The number of rotatable bonds is 9. The summed E-state index contributed by atoms with van der Waals surface area (Å²) in [5.74, 6) is 2.34. The summed E-state index contributed by atoms with van der Waals surface area (Å²) in [7, 11) is 3.59. The fourth-order valence-electron chi connectivity index (χ4n) is 2.96. The summed E-state index contributed by atoms with van der Waals surface area (Å²) in [5, 5.41) is 14.9. The van der Waals surface area contributed by atoms with Gasteiger partial charge in [0.2, 0.25) is 0 Å². The Labute approximate surface area is 182 Å². The molecule has 8 nitrogen and oxygen atoms in total. The van der Waals surface area contributed by atoms with E-state index in [4.69, 9.17) is 4.74 Å². The summed E-state index contributed by atoms with van der Waals surface area (Å²) in [4.78, 5) is 6.44.